The average molecular weight is 892 g/mol. The minimum absolute atomic E-state index is 0.140. The molecular weight excluding hydrogens is 821 g/mol. The second-order valence-corrected chi connectivity index (χ2v) is 43.2. The molecule has 52 heavy (non-hydrogen) atoms. The number of hydrogen-bond acceptors (Lipinski definition) is 13. The molecule has 0 amide bonds. The van der Waals surface area contributed by atoms with E-state index >= 15 is 0 Å². The van der Waals surface area contributed by atoms with Crippen LogP contribution in [0.2, 0.25) is 48.4 Å². The van der Waals surface area contributed by atoms with E-state index in [1.807, 2.05) is 0 Å². The Labute approximate surface area is 329 Å². The lowest BCUT2D eigenvalue weighted by Gasteiger charge is -2.64. The van der Waals surface area contributed by atoms with E-state index in [0.717, 1.165) is 0 Å². The van der Waals surface area contributed by atoms with Gasteiger partial charge in [-0.15, -0.1) is 0 Å². The second-order valence-electron chi connectivity index (χ2n) is 18.7. The molecule has 6 aliphatic heterocycles. The highest BCUT2D eigenvalue weighted by Crippen LogP contribution is 2.55. The normalized spacial score (nSPS) is 41.9. The van der Waals surface area contributed by atoms with Gasteiger partial charge in [0.1, 0.15) is 0 Å². The average Bonchev–Trinajstić information content (AvgIpc) is 2.84. The van der Waals surface area contributed by atoms with Gasteiger partial charge in [0.05, 0.1) is 0 Å². The zero-order valence-electron chi connectivity index (χ0n) is 34.5. The Morgan fingerprint density at radius 3 is 0.577 bits per heavy atom. The molecular formula is C31H70O12SSi8. The largest absolute Gasteiger partial charge is 0.479 e. The summed E-state index contributed by atoms with van der Waals surface area (Å²) in [6.45, 7) is 30.4. The molecule has 0 spiro atoms. The zero-order chi connectivity index (χ0) is 38.6. The van der Waals surface area contributed by atoms with Crippen LogP contribution in [0, 0.1) is 41.4 Å². The summed E-state index contributed by atoms with van der Waals surface area (Å²) in [4.78, 5) is 0. The molecule has 6 heterocycles. The molecule has 0 N–H and O–H groups in total. The van der Waals surface area contributed by atoms with Crippen LogP contribution >= 0.6 is 12.6 Å². The molecule has 0 radical (unpaired) electrons. The first kappa shape index (κ1) is 44.7. The van der Waals surface area contributed by atoms with Gasteiger partial charge in [-0.25, -0.2) is 0 Å². The monoisotopic (exact) mass is 890 g/mol. The molecule has 0 aliphatic carbocycles. The van der Waals surface area contributed by atoms with Gasteiger partial charge >= 0.3 is 70.4 Å². The zero-order valence-corrected chi connectivity index (χ0v) is 43.4. The Morgan fingerprint density at radius 2 is 0.442 bits per heavy atom. The second kappa shape index (κ2) is 16.3. The first-order valence-corrected chi connectivity index (χ1v) is 36.1. The van der Waals surface area contributed by atoms with Crippen molar-refractivity contribution in [3.8, 4) is 0 Å². The van der Waals surface area contributed by atoms with E-state index < -0.39 is 70.4 Å². The van der Waals surface area contributed by atoms with E-state index in [1.54, 1.807) is 0 Å². The summed E-state index contributed by atoms with van der Waals surface area (Å²) in [7, 11) is -30.9. The van der Waals surface area contributed by atoms with Crippen molar-refractivity contribution in [2.45, 2.75) is 152 Å². The van der Waals surface area contributed by atoms with Crippen LogP contribution in [0.3, 0.4) is 0 Å². The van der Waals surface area contributed by atoms with E-state index in [0.29, 0.717) is 60.5 Å². The highest BCUT2D eigenvalue weighted by atomic mass is 32.1. The first-order valence-electron chi connectivity index (χ1n) is 20.0. The molecule has 304 valence electrons. The molecule has 12 nitrogen and oxygen atoms in total. The van der Waals surface area contributed by atoms with Gasteiger partial charge in [-0.3, -0.25) is 0 Å². The van der Waals surface area contributed by atoms with Crippen molar-refractivity contribution in [1.82, 2.24) is 0 Å². The number of rotatable bonds is 17. The maximum Gasteiger partial charge on any atom is 0.479 e. The molecule has 0 saturated carbocycles. The number of hydrogen-bond donors (Lipinski definition) is 1. The summed E-state index contributed by atoms with van der Waals surface area (Å²) in [6, 6.07) is 3.98. The quantitative estimate of drug-likeness (QED) is 0.112. The van der Waals surface area contributed by atoms with Crippen LogP contribution in [-0.2, 0) is 49.4 Å². The third kappa shape index (κ3) is 10.2. The van der Waals surface area contributed by atoms with E-state index in [2.05, 4.69) is 110 Å². The molecule has 0 aromatic carbocycles. The van der Waals surface area contributed by atoms with Gasteiger partial charge < -0.3 is 49.4 Å². The molecule has 8 bridgehead atoms. The Balaban J connectivity index is 1.96. The fourth-order valence-corrected chi connectivity index (χ4v) is 60.2. The van der Waals surface area contributed by atoms with Crippen LogP contribution in [0.15, 0.2) is 0 Å². The molecule has 0 aromatic heterocycles. The highest BCUT2D eigenvalue weighted by molar-refractivity contribution is 7.80. The van der Waals surface area contributed by atoms with Crippen molar-refractivity contribution in [3.05, 3.63) is 0 Å². The van der Waals surface area contributed by atoms with Crippen LogP contribution in [0.5, 0.6) is 0 Å². The van der Waals surface area contributed by atoms with Crippen LogP contribution in [0.25, 0.3) is 0 Å². The number of thiol groups is 1. The van der Waals surface area contributed by atoms with Crippen molar-refractivity contribution in [3.63, 3.8) is 0 Å². The summed E-state index contributed by atoms with van der Waals surface area (Å²) in [5, 5.41) is 0. The smallest absolute Gasteiger partial charge is 0.373 e. The van der Waals surface area contributed by atoms with E-state index in [4.69, 9.17) is 49.4 Å². The maximum absolute atomic E-state index is 7.73. The Bertz CT molecular complexity index is 1080. The Hall–Kier alpha value is 1.61. The maximum atomic E-state index is 7.73. The topological polar surface area (TPSA) is 111 Å². The molecule has 0 aromatic rings. The van der Waals surface area contributed by atoms with Crippen molar-refractivity contribution in [1.29, 1.82) is 0 Å². The first-order chi connectivity index (χ1) is 24.0. The summed E-state index contributed by atoms with van der Waals surface area (Å²) in [5.74, 6) is 1.61. The minimum Gasteiger partial charge on any atom is -0.373 e. The van der Waals surface area contributed by atoms with Crippen LogP contribution < -0.4 is 0 Å². The standard InChI is InChI=1S/C31H70O12SSi8/c1-25(2)18-46-32-45(17-15-16-44)33-47(19-26(3)4)37-49(35-46,21-28(7)8)41-52(24-31(13)14)42-50(36-46,22-29(9)10)38-48(34-45,20-27(5)6)40-51(39-47,43-52)23-30(11)12/h25-31,44H,15-24H2,1-14H3. The van der Waals surface area contributed by atoms with Crippen molar-refractivity contribution >= 4 is 83.1 Å². The summed E-state index contributed by atoms with van der Waals surface area (Å²) in [5.41, 5.74) is 0. The van der Waals surface area contributed by atoms with Crippen LogP contribution in [0.1, 0.15) is 103 Å². The van der Waals surface area contributed by atoms with E-state index in [1.165, 1.54) is 0 Å². The lowest BCUT2D eigenvalue weighted by molar-refractivity contribution is -0.0340. The van der Waals surface area contributed by atoms with Gasteiger partial charge in [0.15, 0.2) is 0 Å². The van der Waals surface area contributed by atoms with Crippen LogP contribution in [0.4, 0.5) is 0 Å². The van der Waals surface area contributed by atoms with Crippen molar-refractivity contribution in [2.24, 2.45) is 41.4 Å². The summed E-state index contributed by atoms with van der Waals surface area (Å²) in [6.07, 6.45) is 0.686. The van der Waals surface area contributed by atoms with Gasteiger partial charge in [0.2, 0.25) is 0 Å². The third-order valence-electron chi connectivity index (χ3n) is 8.98. The van der Waals surface area contributed by atoms with Crippen molar-refractivity contribution < 1.29 is 49.4 Å². The van der Waals surface area contributed by atoms with E-state index in [9.17, 15) is 0 Å². The predicted octanol–water partition coefficient (Wildman–Crippen LogP) is 8.68. The molecule has 6 rings (SSSR count). The van der Waals surface area contributed by atoms with Gasteiger partial charge in [0.25, 0.3) is 0 Å². The van der Waals surface area contributed by atoms with Gasteiger partial charge in [-0.1, -0.05) is 96.9 Å². The van der Waals surface area contributed by atoms with Gasteiger partial charge in [-0.2, -0.15) is 12.6 Å². The van der Waals surface area contributed by atoms with Gasteiger partial charge in [0, 0.05) is 48.4 Å². The fraction of sp³-hybridized carbons (Fsp3) is 1.00. The third-order valence-corrected chi connectivity index (χ3v) is 49.3. The predicted molar refractivity (Wildman–Crippen MR) is 220 cm³/mol. The lowest BCUT2D eigenvalue weighted by Crippen LogP contribution is -2.88. The fourth-order valence-electron chi connectivity index (χ4n) is 8.17. The Morgan fingerprint density at radius 1 is 0.288 bits per heavy atom. The molecule has 6 aliphatic rings. The minimum atomic E-state index is -3.86. The van der Waals surface area contributed by atoms with Gasteiger partial charge in [-0.05, 0) is 53.6 Å². The molecule has 0 unspecified atom stereocenters. The van der Waals surface area contributed by atoms with Crippen molar-refractivity contribution in [2.75, 3.05) is 5.75 Å². The Kier molecular flexibility index (Phi) is 14.0. The van der Waals surface area contributed by atoms with Crippen LogP contribution in [-0.4, -0.2) is 76.2 Å². The summed E-state index contributed by atoms with van der Waals surface area (Å²) >= 11 is 4.67. The molecule has 6 saturated heterocycles. The van der Waals surface area contributed by atoms with E-state index in [-0.39, 0.29) is 41.4 Å². The SMILES string of the molecule is CC(C)C[Si]12O[Si]3(CCCS)O[Si]4(CC(C)C)O[Si](CC(C)C)(O1)O[Si]1(CC(C)C)O[Si](CC(C)C)(O2)O[Si](CC(C)C)(O3)O[Si](CC(C)C)(O4)O1. The highest BCUT2D eigenvalue weighted by Gasteiger charge is 2.83. The molecule has 21 heteroatoms. The lowest BCUT2D eigenvalue weighted by atomic mass is 10.3. The summed E-state index contributed by atoms with van der Waals surface area (Å²) < 4.78 is 92.6. The molecule has 6 fully saturated rings. The molecule has 0 atom stereocenters.